The number of aromatic amines is 1. The number of carbonyl (C=O) groups excluding carboxylic acids is 1. The largest absolute Gasteiger partial charge is 0.480 e. The highest BCUT2D eigenvalue weighted by atomic mass is 32.2. The molecule has 1 aromatic heterocycles. The number of nitrogens with zero attached hydrogens (tertiary/aromatic N) is 1. The maximum Gasteiger partial charge on any atom is 0.326 e. The second kappa shape index (κ2) is 15.3. The van der Waals surface area contributed by atoms with Crippen LogP contribution in [0.2, 0.25) is 0 Å². The molecule has 4 aromatic rings. The number of carbonyl (C=O) groups is 2. The first kappa shape index (κ1) is 30.9. The highest BCUT2D eigenvalue weighted by molar-refractivity contribution is 7.98. The second-order valence-electron chi connectivity index (χ2n) is 9.97. The third kappa shape index (κ3) is 8.74. The molecule has 7 nitrogen and oxygen atoms in total. The molecule has 0 saturated carbocycles. The Hall–Kier alpha value is -4.02. The van der Waals surface area contributed by atoms with Crippen LogP contribution >= 0.6 is 11.8 Å². The molecule has 0 bridgehead atoms. The zero-order chi connectivity index (χ0) is 29.9. The van der Waals surface area contributed by atoms with Gasteiger partial charge in [-0.3, -0.25) is 4.79 Å². The average molecular weight is 593 g/mol. The van der Waals surface area contributed by atoms with Gasteiger partial charge in [0.25, 0.3) is 5.91 Å². The predicted molar refractivity (Wildman–Crippen MR) is 161 cm³/mol. The van der Waals surface area contributed by atoms with Crippen molar-refractivity contribution in [2.45, 2.75) is 37.8 Å². The summed E-state index contributed by atoms with van der Waals surface area (Å²) >= 11 is 1.52. The number of aromatic nitrogens is 2. The summed E-state index contributed by atoms with van der Waals surface area (Å²) in [5.41, 5.74) is 3.86. The van der Waals surface area contributed by atoms with Crippen molar-refractivity contribution in [3.63, 3.8) is 0 Å². The smallest absolute Gasteiger partial charge is 0.326 e. The Bertz CT molecular complexity index is 1450. The van der Waals surface area contributed by atoms with Gasteiger partial charge in [-0.25, -0.2) is 18.6 Å². The zero-order valence-electron chi connectivity index (χ0n) is 23.3. The molecule has 10 heteroatoms. The van der Waals surface area contributed by atoms with E-state index < -0.39 is 17.9 Å². The molecule has 0 spiro atoms. The molecule has 0 saturated heterocycles. The van der Waals surface area contributed by atoms with Crippen LogP contribution in [-0.2, 0) is 24.2 Å². The average Bonchev–Trinajstić information content (AvgIpc) is 3.52. The number of halogens is 2. The molecule has 4 rings (SSSR count). The van der Waals surface area contributed by atoms with E-state index in [1.165, 1.54) is 36.0 Å². The first-order chi connectivity index (χ1) is 20.3. The second-order valence-corrected chi connectivity index (χ2v) is 11.0. The van der Waals surface area contributed by atoms with Crippen LogP contribution in [0.5, 0.6) is 0 Å². The molecule has 0 radical (unpaired) electrons. The SMILES string of the molecule is CSCC[C@H](NC(=O)c1cc(CNCC(c2ccc(F)cc2)c2ncc[nH]2)ccc1CCc1ccc(F)cc1)C(=O)O. The van der Waals surface area contributed by atoms with Gasteiger partial charge in [0.2, 0.25) is 0 Å². The van der Waals surface area contributed by atoms with Crippen molar-refractivity contribution < 1.29 is 23.5 Å². The number of amides is 1. The Labute approximate surface area is 248 Å². The van der Waals surface area contributed by atoms with Gasteiger partial charge in [-0.05, 0) is 83.9 Å². The number of nitrogens with one attached hydrogen (secondary N) is 3. The molecular weight excluding hydrogens is 558 g/mol. The van der Waals surface area contributed by atoms with E-state index in [4.69, 9.17) is 0 Å². The first-order valence-electron chi connectivity index (χ1n) is 13.7. The molecule has 0 fully saturated rings. The Morgan fingerprint density at radius 1 is 0.976 bits per heavy atom. The Morgan fingerprint density at radius 3 is 2.31 bits per heavy atom. The number of thioether (sulfide) groups is 1. The van der Waals surface area contributed by atoms with Gasteiger partial charge in [-0.15, -0.1) is 0 Å². The molecule has 0 aliphatic carbocycles. The summed E-state index contributed by atoms with van der Waals surface area (Å²) in [5.74, 6) is -0.944. The van der Waals surface area contributed by atoms with Crippen LogP contribution in [0.3, 0.4) is 0 Å². The lowest BCUT2D eigenvalue weighted by atomic mass is 9.96. The topological polar surface area (TPSA) is 107 Å². The van der Waals surface area contributed by atoms with E-state index in [-0.39, 0.29) is 17.6 Å². The number of benzene rings is 3. The maximum atomic E-state index is 13.5. The lowest BCUT2D eigenvalue weighted by Crippen LogP contribution is -2.41. The van der Waals surface area contributed by atoms with Crippen molar-refractivity contribution in [3.05, 3.63) is 124 Å². The molecule has 1 amide bonds. The summed E-state index contributed by atoms with van der Waals surface area (Å²) in [7, 11) is 0. The van der Waals surface area contributed by atoms with E-state index >= 15 is 0 Å². The minimum Gasteiger partial charge on any atom is -0.480 e. The van der Waals surface area contributed by atoms with E-state index in [9.17, 15) is 23.5 Å². The van der Waals surface area contributed by atoms with Crippen LogP contribution in [0.1, 0.15) is 50.8 Å². The number of aryl methyl sites for hydroxylation is 2. The molecule has 2 atom stereocenters. The van der Waals surface area contributed by atoms with Crippen molar-refractivity contribution in [1.82, 2.24) is 20.6 Å². The fraction of sp³-hybridized carbons (Fsp3) is 0.281. The molecule has 0 aliphatic rings. The molecule has 3 aromatic carbocycles. The molecule has 1 unspecified atom stereocenters. The highest BCUT2D eigenvalue weighted by Crippen LogP contribution is 2.22. The van der Waals surface area contributed by atoms with Gasteiger partial charge in [-0.1, -0.05) is 36.4 Å². The summed E-state index contributed by atoms with van der Waals surface area (Å²) < 4.78 is 26.9. The van der Waals surface area contributed by atoms with Crippen LogP contribution in [0.15, 0.2) is 79.1 Å². The molecular formula is C32H34F2N4O3S. The number of hydrogen-bond acceptors (Lipinski definition) is 5. The number of H-pyrrole nitrogens is 1. The Kier molecular flexibility index (Phi) is 11.2. The number of carboxylic acids is 1. The van der Waals surface area contributed by atoms with Gasteiger partial charge in [0, 0.05) is 31.0 Å². The van der Waals surface area contributed by atoms with E-state index in [0.717, 1.165) is 28.1 Å². The summed E-state index contributed by atoms with van der Waals surface area (Å²) in [6, 6.07) is 17.2. The summed E-state index contributed by atoms with van der Waals surface area (Å²) in [5, 5.41) is 15.8. The summed E-state index contributed by atoms with van der Waals surface area (Å²) in [6.45, 7) is 0.939. The number of imidazole rings is 1. The van der Waals surface area contributed by atoms with Gasteiger partial charge < -0.3 is 20.7 Å². The molecule has 42 heavy (non-hydrogen) atoms. The normalized spacial score (nSPS) is 12.5. The molecule has 4 N–H and O–H groups in total. The van der Waals surface area contributed by atoms with Crippen LogP contribution in [0.25, 0.3) is 0 Å². The number of carboxylic acid groups (broad SMARTS) is 1. The minimum absolute atomic E-state index is 0.147. The van der Waals surface area contributed by atoms with Crippen molar-refractivity contribution in [2.24, 2.45) is 0 Å². The van der Waals surface area contributed by atoms with Gasteiger partial charge in [0.1, 0.15) is 23.5 Å². The van der Waals surface area contributed by atoms with E-state index in [1.807, 2.05) is 18.4 Å². The summed E-state index contributed by atoms with van der Waals surface area (Å²) in [4.78, 5) is 32.7. The number of hydrogen-bond donors (Lipinski definition) is 4. The summed E-state index contributed by atoms with van der Waals surface area (Å²) in [6.07, 6.45) is 6.73. The third-order valence-corrected chi connectivity index (χ3v) is 7.67. The monoisotopic (exact) mass is 592 g/mol. The Morgan fingerprint density at radius 2 is 1.67 bits per heavy atom. The highest BCUT2D eigenvalue weighted by Gasteiger charge is 2.22. The molecule has 0 aliphatic heterocycles. The number of rotatable bonds is 15. The van der Waals surface area contributed by atoms with Crippen molar-refractivity contribution >= 4 is 23.6 Å². The lowest BCUT2D eigenvalue weighted by molar-refractivity contribution is -0.139. The van der Waals surface area contributed by atoms with Gasteiger partial charge in [0.05, 0.1) is 5.92 Å². The van der Waals surface area contributed by atoms with Crippen LogP contribution in [-0.4, -0.2) is 51.5 Å². The van der Waals surface area contributed by atoms with Gasteiger partial charge in [0.15, 0.2) is 0 Å². The van der Waals surface area contributed by atoms with Crippen molar-refractivity contribution in [3.8, 4) is 0 Å². The Balaban J connectivity index is 1.51. The van der Waals surface area contributed by atoms with Crippen LogP contribution < -0.4 is 10.6 Å². The standard InChI is InChI=1S/C32H34F2N4O3S/c1-42-17-14-29(32(40)41)38-31(39)27-18-22(3-7-23(27)6-2-21-4-10-25(33)11-5-21)19-35-20-28(30-36-15-16-37-30)24-8-12-26(34)13-9-24/h3-5,7-13,15-16,18,28-29,35H,2,6,14,17,19-20H2,1H3,(H,36,37)(H,38,39)(H,40,41)/t28?,29-/m0/s1. The van der Waals surface area contributed by atoms with Crippen molar-refractivity contribution in [2.75, 3.05) is 18.6 Å². The van der Waals surface area contributed by atoms with E-state index in [1.54, 1.807) is 42.7 Å². The number of aliphatic carboxylic acids is 1. The first-order valence-corrected chi connectivity index (χ1v) is 15.1. The van der Waals surface area contributed by atoms with Crippen molar-refractivity contribution in [1.29, 1.82) is 0 Å². The molecule has 220 valence electrons. The lowest BCUT2D eigenvalue weighted by Gasteiger charge is -2.18. The van der Waals surface area contributed by atoms with Gasteiger partial charge >= 0.3 is 5.97 Å². The quantitative estimate of drug-likeness (QED) is 0.149. The van der Waals surface area contributed by atoms with E-state index in [2.05, 4.69) is 20.6 Å². The maximum absolute atomic E-state index is 13.5. The zero-order valence-corrected chi connectivity index (χ0v) is 24.1. The third-order valence-electron chi connectivity index (χ3n) is 7.03. The van der Waals surface area contributed by atoms with Crippen LogP contribution in [0.4, 0.5) is 8.78 Å². The fourth-order valence-corrected chi connectivity index (χ4v) is 5.19. The fourth-order valence-electron chi connectivity index (χ4n) is 4.72. The predicted octanol–water partition coefficient (Wildman–Crippen LogP) is 5.33. The van der Waals surface area contributed by atoms with E-state index in [0.29, 0.717) is 43.7 Å². The minimum atomic E-state index is -1.08. The van der Waals surface area contributed by atoms with Gasteiger partial charge in [-0.2, -0.15) is 11.8 Å². The molecule has 1 heterocycles. The van der Waals surface area contributed by atoms with Crippen LogP contribution in [0, 0.1) is 11.6 Å².